The van der Waals surface area contributed by atoms with Gasteiger partial charge >= 0.3 is 0 Å². The fraction of sp³-hybridized carbons (Fsp3) is 0.321. The highest BCUT2D eigenvalue weighted by atomic mass is 16.5. The van der Waals surface area contributed by atoms with Gasteiger partial charge in [-0.25, -0.2) is 0 Å². The van der Waals surface area contributed by atoms with Crippen LogP contribution in [0.1, 0.15) is 40.2 Å². The van der Waals surface area contributed by atoms with Crippen LogP contribution in [0.15, 0.2) is 54.6 Å². The van der Waals surface area contributed by atoms with Crippen LogP contribution in [-0.4, -0.2) is 37.5 Å². The lowest BCUT2D eigenvalue weighted by Gasteiger charge is -2.40. The number of nitriles is 2. The van der Waals surface area contributed by atoms with Gasteiger partial charge < -0.3 is 9.47 Å². The Labute approximate surface area is 197 Å². The van der Waals surface area contributed by atoms with Gasteiger partial charge in [-0.15, -0.1) is 0 Å². The van der Waals surface area contributed by atoms with Gasteiger partial charge in [0.25, 0.3) is 0 Å². The number of fused-ring (bicyclic) bond motifs is 3. The summed E-state index contributed by atoms with van der Waals surface area (Å²) in [4.78, 5) is 16.6. The number of hydrogen-bond donors (Lipinski definition) is 0. The quantitative estimate of drug-likeness (QED) is 0.583. The van der Waals surface area contributed by atoms with Crippen LogP contribution in [0, 0.1) is 28.1 Å². The van der Waals surface area contributed by atoms with Crippen LogP contribution in [-0.2, 0) is 5.54 Å². The van der Waals surface area contributed by atoms with E-state index < -0.39 is 16.9 Å². The van der Waals surface area contributed by atoms with Gasteiger partial charge in [0, 0.05) is 17.5 Å². The number of methoxy groups -OCH3 is 2. The highest BCUT2D eigenvalue weighted by Crippen LogP contribution is 2.67. The number of rotatable bonds is 3. The molecular weight excluding hydrogens is 426 g/mol. The molecule has 0 bridgehead atoms. The summed E-state index contributed by atoms with van der Waals surface area (Å²) >= 11 is 0. The summed E-state index contributed by atoms with van der Waals surface area (Å²) in [5, 5.41) is 23.4. The van der Waals surface area contributed by atoms with Crippen LogP contribution in [0.4, 0.5) is 0 Å². The molecule has 6 nitrogen and oxygen atoms in total. The molecule has 2 aliphatic heterocycles. The Morgan fingerprint density at radius 2 is 1.74 bits per heavy atom. The van der Waals surface area contributed by atoms with E-state index in [1.165, 1.54) is 0 Å². The zero-order chi connectivity index (χ0) is 23.7. The molecule has 2 saturated heterocycles. The van der Waals surface area contributed by atoms with Crippen molar-refractivity contribution in [2.75, 3.05) is 20.8 Å². The van der Waals surface area contributed by atoms with Crippen molar-refractivity contribution in [1.29, 1.82) is 10.5 Å². The Morgan fingerprint density at radius 3 is 2.44 bits per heavy atom. The molecule has 0 saturated carbocycles. The van der Waals surface area contributed by atoms with E-state index in [0.717, 1.165) is 34.7 Å². The van der Waals surface area contributed by atoms with Gasteiger partial charge in [0.15, 0.2) is 22.7 Å². The summed E-state index contributed by atoms with van der Waals surface area (Å²) in [6, 6.07) is 21.8. The van der Waals surface area contributed by atoms with Crippen molar-refractivity contribution in [1.82, 2.24) is 4.90 Å². The monoisotopic (exact) mass is 449 g/mol. The molecule has 2 fully saturated rings. The summed E-state index contributed by atoms with van der Waals surface area (Å²) in [7, 11) is 3.14. The van der Waals surface area contributed by atoms with Crippen molar-refractivity contribution in [2.45, 2.75) is 30.3 Å². The lowest BCUT2D eigenvalue weighted by Crippen LogP contribution is -2.54. The molecule has 0 N–H and O–H groups in total. The minimum Gasteiger partial charge on any atom is -0.493 e. The molecule has 2 heterocycles. The van der Waals surface area contributed by atoms with Crippen LogP contribution < -0.4 is 9.47 Å². The first-order chi connectivity index (χ1) is 16.6. The van der Waals surface area contributed by atoms with Crippen molar-refractivity contribution in [3.63, 3.8) is 0 Å². The fourth-order valence-electron chi connectivity index (χ4n) is 6.97. The maximum absolute atomic E-state index is 14.4. The number of nitrogens with zero attached hydrogens (tertiary/aromatic N) is 3. The molecule has 3 aromatic carbocycles. The van der Waals surface area contributed by atoms with Crippen LogP contribution in [0.2, 0.25) is 0 Å². The van der Waals surface area contributed by atoms with Gasteiger partial charge in [-0.1, -0.05) is 42.5 Å². The Balaban J connectivity index is 1.68. The van der Waals surface area contributed by atoms with Crippen molar-refractivity contribution < 1.29 is 14.3 Å². The molecule has 6 heteroatoms. The van der Waals surface area contributed by atoms with Crippen molar-refractivity contribution in [3.8, 4) is 23.6 Å². The van der Waals surface area contributed by atoms with Crippen LogP contribution in [0.3, 0.4) is 0 Å². The lowest BCUT2D eigenvalue weighted by molar-refractivity contribution is 0.0544. The minimum absolute atomic E-state index is 0.120. The first-order valence-electron chi connectivity index (χ1n) is 11.5. The Bertz CT molecular complexity index is 1430. The SMILES string of the molecule is COc1ccc([C@@H]2[C@H]3CCCN3[C@@]3(C(=O)c4cccc5cccc3c45)C2(C#N)C#N)cc1OC. The van der Waals surface area contributed by atoms with Gasteiger partial charge in [-0.3, -0.25) is 9.69 Å². The topological polar surface area (TPSA) is 86.4 Å². The van der Waals surface area contributed by atoms with E-state index in [4.69, 9.17) is 9.47 Å². The zero-order valence-corrected chi connectivity index (χ0v) is 19.0. The smallest absolute Gasteiger partial charge is 0.191 e. The summed E-state index contributed by atoms with van der Waals surface area (Å²) in [5.74, 6) is 0.491. The molecule has 34 heavy (non-hydrogen) atoms. The van der Waals surface area contributed by atoms with Crippen LogP contribution >= 0.6 is 0 Å². The van der Waals surface area contributed by atoms with Crippen molar-refractivity contribution in [3.05, 3.63) is 71.3 Å². The number of carbonyl (C=O) groups excluding carboxylic acids is 1. The number of ether oxygens (including phenoxy) is 2. The van der Waals surface area contributed by atoms with Crippen LogP contribution in [0.25, 0.3) is 10.8 Å². The number of ketones is 1. The molecule has 3 aliphatic rings. The summed E-state index contributed by atoms with van der Waals surface area (Å²) < 4.78 is 11.0. The predicted octanol–water partition coefficient (Wildman–Crippen LogP) is 4.54. The third-order valence-corrected chi connectivity index (χ3v) is 8.14. The van der Waals surface area contributed by atoms with Gasteiger partial charge in [0.1, 0.15) is 5.54 Å². The van der Waals surface area contributed by atoms with E-state index >= 15 is 0 Å². The molecule has 0 radical (unpaired) electrons. The Morgan fingerprint density at radius 1 is 1.00 bits per heavy atom. The van der Waals surface area contributed by atoms with Gasteiger partial charge in [0.05, 0.1) is 26.4 Å². The first kappa shape index (κ1) is 20.7. The molecular formula is C28H23N3O3. The second-order valence-corrected chi connectivity index (χ2v) is 9.28. The highest BCUT2D eigenvalue weighted by Gasteiger charge is 2.76. The van der Waals surface area contributed by atoms with E-state index in [-0.39, 0.29) is 11.8 Å². The third kappa shape index (κ3) is 2.15. The predicted molar refractivity (Wildman–Crippen MR) is 126 cm³/mol. The zero-order valence-electron chi connectivity index (χ0n) is 19.0. The van der Waals surface area contributed by atoms with E-state index in [1.807, 2.05) is 54.6 Å². The van der Waals surface area contributed by atoms with E-state index in [1.54, 1.807) is 14.2 Å². The minimum atomic E-state index is -1.61. The Hall–Kier alpha value is -3.87. The second-order valence-electron chi connectivity index (χ2n) is 9.28. The number of Topliss-reactive ketones (excluding diaryl/α,β-unsaturated/α-hetero) is 1. The van der Waals surface area contributed by atoms with Gasteiger partial charge in [0.2, 0.25) is 0 Å². The molecule has 6 rings (SSSR count). The molecule has 0 unspecified atom stereocenters. The lowest BCUT2D eigenvalue weighted by atomic mass is 9.60. The summed E-state index contributed by atoms with van der Waals surface area (Å²) in [6.07, 6.45) is 1.72. The average Bonchev–Trinajstić information content (AvgIpc) is 3.52. The molecule has 3 aromatic rings. The molecule has 0 aromatic heterocycles. The number of carbonyl (C=O) groups is 1. The van der Waals surface area contributed by atoms with E-state index in [0.29, 0.717) is 23.6 Å². The van der Waals surface area contributed by atoms with E-state index in [9.17, 15) is 15.3 Å². The largest absolute Gasteiger partial charge is 0.493 e. The van der Waals surface area contributed by atoms with Gasteiger partial charge in [-0.2, -0.15) is 10.5 Å². The average molecular weight is 450 g/mol. The van der Waals surface area contributed by atoms with Crippen LogP contribution in [0.5, 0.6) is 11.5 Å². The fourth-order valence-corrected chi connectivity index (χ4v) is 6.97. The summed E-state index contributed by atoms with van der Waals surface area (Å²) in [6.45, 7) is 0.662. The Kier molecular flexibility index (Phi) is 4.30. The molecule has 0 amide bonds. The van der Waals surface area contributed by atoms with Crippen molar-refractivity contribution >= 4 is 16.6 Å². The maximum Gasteiger partial charge on any atom is 0.191 e. The highest BCUT2D eigenvalue weighted by molar-refractivity contribution is 6.21. The number of hydrogen-bond acceptors (Lipinski definition) is 6. The molecule has 3 atom stereocenters. The second kappa shape index (κ2) is 7.06. The maximum atomic E-state index is 14.4. The first-order valence-corrected chi connectivity index (χ1v) is 11.5. The van der Waals surface area contributed by atoms with Crippen molar-refractivity contribution in [2.24, 2.45) is 5.41 Å². The number of benzene rings is 3. The standard InChI is InChI=1S/C28H23N3O3/c1-33-22-12-11-18(14-23(22)34-2)25-21-10-5-13-31(21)28(27(25,15-29)16-30)20-9-4-7-17-6-3-8-19(24(17)20)26(28)32/h3-4,6-9,11-12,14,21,25H,5,10,13H2,1-2H3/t21-,25-,28+/m1/s1. The summed E-state index contributed by atoms with van der Waals surface area (Å²) in [5.41, 5.74) is -0.767. The molecule has 1 aliphatic carbocycles. The van der Waals surface area contributed by atoms with Gasteiger partial charge in [-0.05, 0) is 53.4 Å². The molecule has 1 spiro atoms. The van der Waals surface area contributed by atoms with E-state index in [2.05, 4.69) is 17.0 Å². The normalized spacial score (nSPS) is 26.4. The molecule has 168 valence electrons. The third-order valence-electron chi connectivity index (χ3n) is 8.14.